The number of nitrogens with zero attached hydrogens (tertiary/aromatic N) is 1. The van der Waals surface area contributed by atoms with Crippen molar-refractivity contribution in [2.24, 2.45) is 17.8 Å². The molecule has 2 unspecified atom stereocenters. The molecule has 100 valence electrons. The van der Waals surface area contributed by atoms with Crippen LogP contribution in [0.3, 0.4) is 0 Å². The topological polar surface area (TPSA) is 57.6 Å². The molecular formula is C13H11Cl2NO3. The van der Waals surface area contributed by atoms with Gasteiger partial charge in [-0.2, -0.15) is 0 Å². The van der Waals surface area contributed by atoms with E-state index < -0.39 is 6.09 Å². The monoisotopic (exact) mass is 299 g/mol. The fraction of sp³-hybridized carbons (Fsp3) is 0.385. The summed E-state index contributed by atoms with van der Waals surface area (Å²) in [6.07, 6.45) is -0.909. The number of rotatable bonds is 2. The van der Waals surface area contributed by atoms with Crippen LogP contribution in [0.5, 0.6) is 0 Å². The highest BCUT2D eigenvalue weighted by Gasteiger charge is 2.60. The van der Waals surface area contributed by atoms with Crippen molar-refractivity contribution in [3.8, 4) is 0 Å². The Kier molecular flexibility index (Phi) is 2.95. The van der Waals surface area contributed by atoms with Crippen LogP contribution in [0.15, 0.2) is 18.2 Å². The highest BCUT2D eigenvalue weighted by molar-refractivity contribution is 6.42. The van der Waals surface area contributed by atoms with Crippen LogP contribution in [0.1, 0.15) is 10.4 Å². The van der Waals surface area contributed by atoms with E-state index >= 15 is 0 Å². The van der Waals surface area contributed by atoms with Crippen molar-refractivity contribution in [1.82, 2.24) is 4.90 Å². The lowest BCUT2D eigenvalue weighted by molar-refractivity contribution is 0.0934. The van der Waals surface area contributed by atoms with Gasteiger partial charge in [0.2, 0.25) is 0 Å². The predicted molar refractivity (Wildman–Crippen MR) is 70.9 cm³/mol. The first kappa shape index (κ1) is 12.8. The van der Waals surface area contributed by atoms with Gasteiger partial charge >= 0.3 is 6.09 Å². The Balaban J connectivity index is 1.71. The minimum absolute atomic E-state index is 0.0404. The second kappa shape index (κ2) is 4.39. The number of amides is 1. The zero-order valence-electron chi connectivity index (χ0n) is 9.85. The number of carbonyl (C=O) groups excluding carboxylic acids is 1. The van der Waals surface area contributed by atoms with Gasteiger partial charge in [0.05, 0.1) is 10.0 Å². The van der Waals surface area contributed by atoms with Crippen LogP contribution < -0.4 is 0 Å². The Hall–Kier alpha value is -1.26. The molecule has 6 heteroatoms. The van der Waals surface area contributed by atoms with E-state index in [0.717, 1.165) is 0 Å². The summed E-state index contributed by atoms with van der Waals surface area (Å²) in [5, 5.41) is 9.66. The molecule has 1 aliphatic carbocycles. The van der Waals surface area contributed by atoms with Gasteiger partial charge in [-0.25, -0.2) is 4.79 Å². The predicted octanol–water partition coefficient (Wildman–Crippen LogP) is 3.03. The van der Waals surface area contributed by atoms with E-state index in [0.29, 0.717) is 28.7 Å². The minimum Gasteiger partial charge on any atom is -0.465 e. The molecule has 0 spiro atoms. The van der Waals surface area contributed by atoms with E-state index in [1.807, 2.05) is 0 Å². The quantitative estimate of drug-likeness (QED) is 0.854. The number of hydrogen-bond donors (Lipinski definition) is 1. The third kappa shape index (κ3) is 2.09. The fourth-order valence-electron chi connectivity index (χ4n) is 2.91. The van der Waals surface area contributed by atoms with E-state index in [4.69, 9.17) is 28.3 Å². The second-order valence-electron chi connectivity index (χ2n) is 5.03. The molecule has 2 fully saturated rings. The molecule has 1 aliphatic heterocycles. The average Bonchev–Trinajstić information content (AvgIpc) is 2.85. The van der Waals surface area contributed by atoms with Gasteiger partial charge in [-0.15, -0.1) is 0 Å². The molecule has 0 radical (unpaired) electrons. The molecule has 1 N–H and O–H groups in total. The van der Waals surface area contributed by atoms with E-state index in [9.17, 15) is 9.59 Å². The van der Waals surface area contributed by atoms with Gasteiger partial charge in [0.15, 0.2) is 5.78 Å². The lowest BCUT2D eigenvalue weighted by Gasteiger charge is -2.15. The molecule has 19 heavy (non-hydrogen) atoms. The molecule has 1 heterocycles. The van der Waals surface area contributed by atoms with Gasteiger partial charge in [-0.3, -0.25) is 4.79 Å². The molecule has 1 amide bonds. The maximum atomic E-state index is 12.3. The van der Waals surface area contributed by atoms with Crippen LogP contribution in [-0.2, 0) is 0 Å². The number of benzene rings is 1. The summed E-state index contributed by atoms with van der Waals surface area (Å²) in [6.45, 7) is 0.912. The molecule has 3 rings (SSSR count). The number of likely N-dealkylation sites (tertiary alicyclic amines) is 1. The summed E-state index contributed by atoms with van der Waals surface area (Å²) in [7, 11) is 0. The number of carbonyl (C=O) groups is 2. The highest BCUT2D eigenvalue weighted by atomic mass is 35.5. The summed E-state index contributed by atoms with van der Waals surface area (Å²) in [5.41, 5.74) is 0.552. The van der Waals surface area contributed by atoms with Gasteiger partial charge in [0.25, 0.3) is 0 Å². The molecule has 4 nitrogen and oxygen atoms in total. The summed E-state index contributed by atoms with van der Waals surface area (Å²) >= 11 is 11.7. The molecule has 1 saturated carbocycles. The Morgan fingerprint density at radius 3 is 2.32 bits per heavy atom. The zero-order valence-corrected chi connectivity index (χ0v) is 11.4. The standard InChI is InChI=1S/C13H11Cl2NO3/c14-9-2-1-6(3-10(9)15)12(17)11-7-4-16(13(18)19)5-8(7)11/h1-3,7-8,11H,4-5H2,(H,18,19). The van der Waals surface area contributed by atoms with Crippen molar-refractivity contribution < 1.29 is 14.7 Å². The molecule has 0 aromatic heterocycles. The van der Waals surface area contributed by atoms with Crippen LogP contribution in [0, 0.1) is 17.8 Å². The van der Waals surface area contributed by atoms with Gasteiger partial charge in [-0.05, 0) is 30.0 Å². The molecule has 0 bridgehead atoms. The summed E-state index contributed by atoms with van der Waals surface area (Å²) in [5.74, 6) is 0.308. The number of carboxylic acid groups (broad SMARTS) is 1. The van der Waals surface area contributed by atoms with Crippen LogP contribution in [0.2, 0.25) is 10.0 Å². The lowest BCUT2D eigenvalue weighted by atomic mass is 10.0. The average molecular weight is 300 g/mol. The number of hydrogen-bond acceptors (Lipinski definition) is 2. The SMILES string of the molecule is O=C(c1ccc(Cl)c(Cl)c1)C1C2CN(C(=O)O)CC21. The lowest BCUT2D eigenvalue weighted by Crippen LogP contribution is -2.31. The van der Waals surface area contributed by atoms with Gasteiger partial charge in [-0.1, -0.05) is 23.2 Å². The first-order valence-electron chi connectivity index (χ1n) is 5.96. The van der Waals surface area contributed by atoms with Crippen LogP contribution in [0.4, 0.5) is 4.79 Å². The number of halogens is 2. The van der Waals surface area contributed by atoms with E-state index in [1.54, 1.807) is 18.2 Å². The Bertz CT molecular complexity index is 563. The smallest absolute Gasteiger partial charge is 0.407 e. The van der Waals surface area contributed by atoms with Crippen LogP contribution in [0.25, 0.3) is 0 Å². The van der Waals surface area contributed by atoms with Crippen LogP contribution >= 0.6 is 23.2 Å². The van der Waals surface area contributed by atoms with Crippen molar-refractivity contribution in [2.45, 2.75) is 0 Å². The zero-order chi connectivity index (χ0) is 13.7. The first-order chi connectivity index (χ1) is 8.99. The molecule has 2 atom stereocenters. The van der Waals surface area contributed by atoms with Crippen molar-refractivity contribution in [1.29, 1.82) is 0 Å². The Morgan fingerprint density at radius 2 is 1.79 bits per heavy atom. The molecule has 1 aromatic carbocycles. The maximum Gasteiger partial charge on any atom is 0.407 e. The minimum atomic E-state index is -0.909. The number of piperidine rings is 1. The molecule has 1 aromatic rings. The summed E-state index contributed by atoms with van der Waals surface area (Å²) in [6, 6.07) is 4.85. The third-order valence-electron chi connectivity index (χ3n) is 3.97. The first-order valence-corrected chi connectivity index (χ1v) is 6.72. The molecule has 1 saturated heterocycles. The highest BCUT2D eigenvalue weighted by Crippen LogP contribution is 2.53. The normalized spacial score (nSPS) is 28.1. The van der Waals surface area contributed by atoms with E-state index in [1.165, 1.54) is 4.90 Å². The summed E-state index contributed by atoms with van der Waals surface area (Å²) < 4.78 is 0. The van der Waals surface area contributed by atoms with Gasteiger partial charge in [0, 0.05) is 24.6 Å². The Morgan fingerprint density at radius 1 is 1.16 bits per heavy atom. The Labute approximate surface area is 119 Å². The summed E-state index contributed by atoms with van der Waals surface area (Å²) in [4.78, 5) is 24.5. The number of ketones is 1. The number of Topliss-reactive ketones (excluding diaryl/α,β-unsaturated/α-hetero) is 1. The second-order valence-corrected chi connectivity index (χ2v) is 5.85. The largest absolute Gasteiger partial charge is 0.465 e. The maximum absolute atomic E-state index is 12.3. The van der Waals surface area contributed by atoms with Crippen molar-refractivity contribution >= 4 is 35.1 Å². The van der Waals surface area contributed by atoms with Crippen molar-refractivity contribution in [3.05, 3.63) is 33.8 Å². The van der Waals surface area contributed by atoms with Crippen molar-refractivity contribution in [3.63, 3.8) is 0 Å². The van der Waals surface area contributed by atoms with E-state index in [2.05, 4.69) is 0 Å². The third-order valence-corrected chi connectivity index (χ3v) is 4.71. The fourth-order valence-corrected chi connectivity index (χ4v) is 3.21. The van der Waals surface area contributed by atoms with Gasteiger partial charge < -0.3 is 10.0 Å². The van der Waals surface area contributed by atoms with E-state index in [-0.39, 0.29) is 23.5 Å². The molecule has 2 aliphatic rings. The van der Waals surface area contributed by atoms with Crippen molar-refractivity contribution in [2.75, 3.05) is 13.1 Å². The van der Waals surface area contributed by atoms with Gasteiger partial charge in [0.1, 0.15) is 0 Å². The number of fused-ring (bicyclic) bond motifs is 1. The van der Waals surface area contributed by atoms with Crippen LogP contribution in [-0.4, -0.2) is 35.0 Å². The molecular weight excluding hydrogens is 289 g/mol.